The molecule has 1 unspecified atom stereocenters. The molecule has 1 heterocycles. The maximum absolute atomic E-state index is 13.5. The highest BCUT2D eigenvalue weighted by Gasteiger charge is 2.46. The lowest BCUT2D eigenvalue weighted by atomic mass is 9.95. The number of benzene rings is 2. The molecule has 8 heteroatoms. The Labute approximate surface area is 178 Å². The van der Waals surface area contributed by atoms with E-state index in [9.17, 15) is 19.1 Å². The molecular weight excluding hydrogens is 413 g/mol. The molecule has 1 fully saturated rings. The van der Waals surface area contributed by atoms with Gasteiger partial charge in [-0.25, -0.2) is 4.39 Å². The van der Waals surface area contributed by atoms with Crippen LogP contribution >= 0.6 is 11.6 Å². The lowest BCUT2D eigenvalue weighted by Gasteiger charge is -2.25. The number of likely N-dealkylation sites (tertiary alicyclic amines) is 1. The normalized spacial score (nSPS) is 18.1. The molecule has 0 bridgehead atoms. The highest BCUT2D eigenvalue weighted by molar-refractivity contribution is 6.47. The van der Waals surface area contributed by atoms with Crippen LogP contribution in [-0.2, 0) is 14.3 Å². The highest BCUT2D eigenvalue weighted by atomic mass is 35.5. The quantitative estimate of drug-likeness (QED) is 0.310. The third-order valence-corrected chi connectivity index (χ3v) is 5.23. The lowest BCUT2D eigenvalue weighted by Crippen LogP contribution is -2.31. The molecule has 0 radical (unpaired) electrons. The van der Waals surface area contributed by atoms with Crippen LogP contribution < -0.4 is 4.74 Å². The fourth-order valence-corrected chi connectivity index (χ4v) is 3.65. The second-order valence-electron chi connectivity index (χ2n) is 6.74. The van der Waals surface area contributed by atoms with E-state index in [1.54, 1.807) is 6.07 Å². The summed E-state index contributed by atoms with van der Waals surface area (Å²) in [6, 6.07) is 9.18. The zero-order chi connectivity index (χ0) is 21.8. The van der Waals surface area contributed by atoms with Gasteiger partial charge >= 0.3 is 0 Å². The molecule has 0 aromatic heterocycles. The van der Waals surface area contributed by atoms with E-state index in [4.69, 9.17) is 21.1 Å². The third kappa shape index (κ3) is 4.17. The maximum atomic E-state index is 13.5. The zero-order valence-corrected chi connectivity index (χ0v) is 17.3. The molecule has 30 heavy (non-hydrogen) atoms. The molecule has 1 aliphatic rings. The van der Waals surface area contributed by atoms with Crippen LogP contribution in [0.2, 0.25) is 5.02 Å². The van der Waals surface area contributed by atoms with Crippen LogP contribution in [0, 0.1) is 5.82 Å². The number of carbonyl (C=O) groups is 2. The van der Waals surface area contributed by atoms with Crippen molar-refractivity contribution in [3.05, 3.63) is 70.0 Å². The first kappa shape index (κ1) is 21.8. The standard InChI is InChI=1S/C22H21ClFNO5/c1-29-11-3-10-25-19(13-4-6-14(24)7-5-13)18(21(27)22(25)28)20(26)16-12-15(30-2)8-9-17(16)23/h4-9,12,19,26H,3,10-11H2,1-2H3/b20-18+. The van der Waals surface area contributed by atoms with Crippen molar-refractivity contribution in [3.63, 3.8) is 0 Å². The molecule has 0 saturated carbocycles. The Morgan fingerprint density at radius 3 is 2.50 bits per heavy atom. The van der Waals surface area contributed by atoms with Crippen molar-refractivity contribution >= 4 is 29.1 Å². The van der Waals surface area contributed by atoms with Gasteiger partial charge in [-0.05, 0) is 42.3 Å². The van der Waals surface area contributed by atoms with E-state index >= 15 is 0 Å². The molecule has 2 aromatic carbocycles. The van der Waals surface area contributed by atoms with Gasteiger partial charge < -0.3 is 19.5 Å². The molecule has 0 spiro atoms. The summed E-state index contributed by atoms with van der Waals surface area (Å²) in [5.74, 6) is -2.03. The molecule has 1 aliphatic heterocycles. The van der Waals surface area contributed by atoms with Crippen molar-refractivity contribution in [2.75, 3.05) is 27.4 Å². The number of aliphatic hydroxyl groups is 1. The lowest BCUT2D eigenvalue weighted by molar-refractivity contribution is -0.140. The Kier molecular flexibility index (Phi) is 6.74. The van der Waals surface area contributed by atoms with Gasteiger partial charge in [-0.2, -0.15) is 0 Å². The minimum Gasteiger partial charge on any atom is -0.507 e. The number of hydrogen-bond acceptors (Lipinski definition) is 5. The molecule has 1 amide bonds. The predicted molar refractivity (Wildman–Crippen MR) is 110 cm³/mol. The van der Waals surface area contributed by atoms with Gasteiger partial charge in [0, 0.05) is 25.8 Å². The van der Waals surface area contributed by atoms with Crippen LogP contribution in [0.5, 0.6) is 5.75 Å². The third-order valence-electron chi connectivity index (χ3n) is 4.90. The van der Waals surface area contributed by atoms with E-state index in [1.165, 1.54) is 55.5 Å². The van der Waals surface area contributed by atoms with Crippen LogP contribution in [-0.4, -0.2) is 49.1 Å². The molecule has 0 aliphatic carbocycles. The number of rotatable bonds is 7. The molecule has 158 valence electrons. The van der Waals surface area contributed by atoms with Gasteiger partial charge in [-0.1, -0.05) is 23.7 Å². The Balaban J connectivity index is 2.16. The minimum absolute atomic E-state index is 0.112. The Hall–Kier alpha value is -2.90. The first-order valence-electron chi connectivity index (χ1n) is 9.25. The van der Waals surface area contributed by atoms with Gasteiger partial charge in [0.2, 0.25) is 0 Å². The van der Waals surface area contributed by atoms with Gasteiger partial charge in [0.05, 0.1) is 23.7 Å². The van der Waals surface area contributed by atoms with E-state index in [1.807, 2.05) is 0 Å². The summed E-state index contributed by atoms with van der Waals surface area (Å²) < 4.78 is 23.7. The first-order valence-corrected chi connectivity index (χ1v) is 9.63. The second kappa shape index (κ2) is 9.28. The number of ether oxygens (including phenoxy) is 2. The molecular formula is C22H21ClFNO5. The average Bonchev–Trinajstić information content (AvgIpc) is 2.99. The first-order chi connectivity index (χ1) is 14.4. The number of halogens is 2. The zero-order valence-electron chi connectivity index (χ0n) is 16.5. The summed E-state index contributed by atoms with van der Waals surface area (Å²) in [7, 11) is 3.00. The number of ketones is 1. The monoisotopic (exact) mass is 433 g/mol. The van der Waals surface area contributed by atoms with Gasteiger partial charge in [-0.3, -0.25) is 9.59 Å². The van der Waals surface area contributed by atoms with Crippen LogP contribution in [0.3, 0.4) is 0 Å². The van der Waals surface area contributed by atoms with E-state index in [2.05, 4.69) is 0 Å². The maximum Gasteiger partial charge on any atom is 0.295 e. The summed E-state index contributed by atoms with van der Waals surface area (Å²) in [6.45, 7) is 0.615. The number of aliphatic hydroxyl groups excluding tert-OH is 1. The summed E-state index contributed by atoms with van der Waals surface area (Å²) in [6.07, 6.45) is 0.487. The van der Waals surface area contributed by atoms with E-state index in [-0.39, 0.29) is 22.7 Å². The van der Waals surface area contributed by atoms with Crippen molar-refractivity contribution in [3.8, 4) is 5.75 Å². The molecule has 1 atom stereocenters. The number of methoxy groups -OCH3 is 2. The fraction of sp³-hybridized carbons (Fsp3) is 0.273. The Morgan fingerprint density at radius 1 is 1.17 bits per heavy atom. The van der Waals surface area contributed by atoms with Crippen molar-refractivity contribution in [1.82, 2.24) is 4.90 Å². The van der Waals surface area contributed by atoms with Crippen molar-refractivity contribution in [1.29, 1.82) is 0 Å². The van der Waals surface area contributed by atoms with E-state index < -0.39 is 29.3 Å². The largest absolute Gasteiger partial charge is 0.507 e. The van der Waals surface area contributed by atoms with Gasteiger partial charge in [0.15, 0.2) is 0 Å². The fourth-order valence-electron chi connectivity index (χ4n) is 3.44. The van der Waals surface area contributed by atoms with Crippen molar-refractivity contribution < 1.29 is 28.6 Å². The molecule has 2 aromatic rings. The van der Waals surface area contributed by atoms with Crippen molar-refractivity contribution in [2.45, 2.75) is 12.5 Å². The topological polar surface area (TPSA) is 76.1 Å². The molecule has 1 N–H and O–H groups in total. The summed E-state index contributed by atoms with van der Waals surface area (Å²) in [4.78, 5) is 27.0. The van der Waals surface area contributed by atoms with Gasteiger partial charge in [-0.15, -0.1) is 0 Å². The van der Waals surface area contributed by atoms with Gasteiger partial charge in [0.1, 0.15) is 17.3 Å². The number of carbonyl (C=O) groups excluding carboxylic acids is 2. The van der Waals surface area contributed by atoms with Crippen molar-refractivity contribution in [2.24, 2.45) is 0 Å². The minimum atomic E-state index is -0.885. The SMILES string of the molecule is COCCCN1C(=O)C(=O)/C(=C(/O)c2cc(OC)ccc2Cl)C1c1ccc(F)cc1. The second-order valence-corrected chi connectivity index (χ2v) is 7.14. The summed E-state index contributed by atoms with van der Waals surface area (Å²) in [5, 5.41) is 11.2. The number of nitrogens with zero attached hydrogens (tertiary/aromatic N) is 1. The predicted octanol–water partition coefficient (Wildman–Crippen LogP) is 3.95. The van der Waals surface area contributed by atoms with Crippen LogP contribution in [0.4, 0.5) is 4.39 Å². The number of amides is 1. The Morgan fingerprint density at radius 2 is 1.87 bits per heavy atom. The average molecular weight is 434 g/mol. The van der Waals surface area contributed by atoms with Crippen LogP contribution in [0.1, 0.15) is 23.6 Å². The molecule has 1 saturated heterocycles. The number of hydrogen-bond donors (Lipinski definition) is 1. The summed E-state index contributed by atoms with van der Waals surface area (Å²) in [5.41, 5.74) is 0.547. The van der Waals surface area contributed by atoms with Crippen LogP contribution in [0.15, 0.2) is 48.0 Å². The van der Waals surface area contributed by atoms with Crippen LogP contribution in [0.25, 0.3) is 5.76 Å². The Bertz CT molecular complexity index is 990. The highest BCUT2D eigenvalue weighted by Crippen LogP contribution is 2.41. The molecule has 3 rings (SSSR count). The number of Topliss-reactive ketones (excluding diaryl/α,β-unsaturated/α-hetero) is 1. The van der Waals surface area contributed by atoms with E-state index in [0.717, 1.165) is 0 Å². The smallest absolute Gasteiger partial charge is 0.295 e. The van der Waals surface area contributed by atoms with E-state index in [0.29, 0.717) is 24.3 Å². The summed E-state index contributed by atoms with van der Waals surface area (Å²) >= 11 is 6.24. The van der Waals surface area contributed by atoms with Gasteiger partial charge in [0.25, 0.3) is 11.7 Å². The molecule has 6 nitrogen and oxygen atoms in total.